The van der Waals surface area contributed by atoms with Crippen LogP contribution in [-0.2, 0) is 18.2 Å². The summed E-state index contributed by atoms with van der Waals surface area (Å²) in [6, 6.07) is 0.885. The Hall–Kier alpha value is -2.16. The second kappa shape index (κ2) is 5.98. The molecule has 1 N–H and O–H groups in total. The molecule has 0 amide bonds. The average molecular weight is 356 g/mol. The molecule has 0 aromatic carbocycles. The maximum absolute atomic E-state index is 12.7. The molecular weight excluding hydrogens is 337 g/mol. The molecule has 2 aromatic heterocycles. The van der Waals surface area contributed by atoms with Crippen LogP contribution in [0.3, 0.4) is 0 Å². The predicted octanol–water partition coefficient (Wildman–Crippen LogP) is 3.09. The highest BCUT2D eigenvalue weighted by Crippen LogP contribution is 2.49. The van der Waals surface area contributed by atoms with E-state index < -0.39 is 11.7 Å². The van der Waals surface area contributed by atoms with Crippen LogP contribution in [0.15, 0.2) is 22.9 Å². The van der Waals surface area contributed by atoms with Gasteiger partial charge in [-0.25, -0.2) is 0 Å². The third-order valence-corrected chi connectivity index (χ3v) is 4.55. The van der Waals surface area contributed by atoms with Gasteiger partial charge in [-0.3, -0.25) is 4.98 Å². The third kappa shape index (κ3) is 3.60. The van der Waals surface area contributed by atoms with Crippen LogP contribution in [-0.4, -0.2) is 27.8 Å². The van der Waals surface area contributed by atoms with E-state index >= 15 is 0 Å². The lowest BCUT2D eigenvalue weighted by Crippen LogP contribution is -2.58. The van der Waals surface area contributed by atoms with Crippen molar-refractivity contribution in [1.29, 1.82) is 0 Å². The van der Waals surface area contributed by atoms with Crippen molar-refractivity contribution < 1.29 is 22.3 Å². The van der Waals surface area contributed by atoms with Crippen LogP contribution in [0.1, 0.15) is 44.0 Å². The monoisotopic (exact) mass is 356 g/mol. The number of nitrogens with zero attached hydrogens (tertiary/aromatic N) is 3. The first-order chi connectivity index (χ1) is 11.6. The lowest BCUT2D eigenvalue weighted by atomic mass is 9.59. The molecule has 0 saturated heterocycles. The minimum absolute atomic E-state index is 0.00723. The number of hydrogen-bond donors (Lipinski definition) is 1. The number of nitrogens with one attached hydrogen (secondary N) is 1. The highest BCUT2D eigenvalue weighted by Gasteiger charge is 2.52. The molecule has 0 atom stereocenters. The van der Waals surface area contributed by atoms with E-state index in [0.717, 1.165) is 25.1 Å². The Balaban J connectivity index is 1.63. The van der Waals surface area contributed by atoms with Gasteiger partial charge in [-0.15, -0.1) is 10.2 Å². The molecule has 1 aliphatic carbocycles. The van der Waals surface area contributed by atoms with Gasteiger partial charge in [-0.2, -0.15) is 13.2 Å². The zero-order chi connectivity index (χ0) is 18.3. The summed E-state index contributed by atoms with van der Waals surface area (Å²) in [7, 11) is 1.91. The van der Waals surface area contributed by atoms with Gasteiger partial charge < -0.3 is 14.5 Å². The van der Waals surface area contributed by atoms with Crippen molar-refractivity contribution in [3.63, 3.8) is 0 Å². The molecule has 0 bridgehead atoms. The summed E-state index contributed by atoms with van der Waals surface area (Å²) >= 11 is 0. The summed E-state index contributed by atoms with van der Waals surface area (Å²) in [4.78, 5) is 3.54. The number of halogens is 3. The largest absolute Gasteiger partial charge is 0.482 e. The van der Waals surface area contributed by atoms with Gasteiger partial charge in [-0.1, -0.05) is 6.92 Å². The standard InChI is InChI=1S/C16H19F3N4O2/c1-14(8-15(2,9-14)20-3)13-23-22-12(25-13)7-24-11-4-10(5-21-6-11)16(17,18)19/h4-6,20H,7-9H2,1-3H3. The summed E-state index contributed by atoms with van der Waals surface area (Å²) in [5.41, 5.74) is -1.03. The van der Waals surface area contributed by atoms with Gasteiger partial charge in [0.2, 0.25) is 5.89 Å². The molecule has 1 saturated carbocycles. The quantitative estimate of drug-likeness (QED) is 0.888. The third-order valence-electron chi connectivity index (χ3n) is 4.55. The molecule has 0 aliphatic heterocycles. The van der Waals surface area contributed by atoms with Gasteiger partial charge in [0.15, 0.2) is 6.61 Å². The number of alkyl halides is 3. The topological polar surface area (TPSA) is 73.1 Å². The van der Waals surface area contributed by atoms with Gasteiger partial charge in [0.05, 0.1) is 11.8 Å². The lowest BCUT2D eigenvalue weighted by molar-refractivity contribution is -0.138. The fraction of sp³-hybridized carbons (Fsp3) is 0.562. The highest BCUT2D eigenvalue weighted by atomic mass is 19.4. The Morgan fingerprint density at radius 2 is 1.96 bits per heavy atom. The molecule has 0 unspecified atom stereocenters. The second-order valence-electron chi connectivity index (χ2n) is 6.92. The highest BCUT2D eigenvalue weighted by molar-refractivity contribution is 5.25. The van der Waals surface area contributed by atoms with Crippen LogP contribution >= 0.6 is 0 Å². The first-order valence-corrected chi connectivity index (χ1v) is 7.80. The molecule has 1 aliphatic rings. The van der Waals surface area contributed by atoms with Crippen LogP contribution < -0.4 is 10.1 Å². The van der Waals surface area contributed by atoms with Crippen LogP contribution in [0.5, 0.6) is 5.75 Å². The van der Waals surface area contributed by atoms with Gasteiger partial charge in [0.25, 0.3) is 5.89 Å². The smallest absolute Gasteiger partial charge is 0.418 e. The molecule has 25 heavy (non-hydrogen) atoms. The van der Waals surface area contributed by atoms with E-state index in [1.807, 2.05) is 14.0 Å². The minimum Gasteiger partial charge on any atom is -0.482 e. The molecule has 2 aromatic rings. The maximum Gasteiger partial charge on any atom is 0.418 e. The van der Waals surface area contributed by atoms with Gasteiger partial charge in [-0.05, 0) is 32.9 Å². The molecule has 3 rings (SSSR count). The number of pyridine rings is 1. The Morgan fingerprint density at radius 1 is 1.24 bits per heavy atom. The Bertz CT molecular complexity index is 754. The predicted molar refractivity (Wildman–Crippen MR) is 81.9 cm³/mol. The second-order valence-corrected chi connectivity index (χ2v) is 6.92. The fourth-order valence-corrected chi connectivity index (χ4v) is 3.35. The van der Waals surface area contributed by atoms with E-state index in [0.29, 0.717) is 5.89 Å². The normalized spacial score (nSPS) is 26.3. The Kier molecular flexibility index (Phi) is 4.22. The van der Waals surface area contributed by atoms with Crippen molar-refractivity contribution in [3.8, 4) is 5.75 Å². The minimum atomic E-state index is -4.47. The molecular formula is C16H19F3N4O2. The number of aromatic nitrogens is 3. The summed E-state index contributed by atoms with van der Waals surface area (Å²) < 4.78 is 48.9. The molecule has 9 heteroatoms. The van der Waals surface area contributed by atoms with Crippen molar-refractivity contribution in [3.05, 3.63) is 35.8 Å². The number of rotatable bonds is 5. The van der Waals surface area contributed by atoms with E-state index in [1.165, 1.54) is 6.20 Å². The molecule has 1 fully saturated rings. The SMILES string of the molecule is CNC1(C)CC(C)(c2nnc(COc3cncc(C(F)(F)F)c3)o2)C1. The van der Waals surface area contributed by atoms with Gasteiger partial charge >= 0.3 is 6.18 Å². The van der Waals surface area contributed by atoms with E-state index in [1.54, 1.807) is 0 Å². The van der Waals surface area contributed by atoms with Crippen LogP contribution in [0.2, 0.25) is 0 Å². The maximum atomic E-state index is 12.7. The van der Waals surface area contributed by atoms with Crippen molar-refractivity contribution in [2.45, 2.75) is 50.4 Å². The fourth-order valence-electron chi connectivity index (χ4n) is 3.35. The van der Waals surface area contributed by atoms with Crippen molar-refractivity contribution >= 4 is 0 Å². The zero-order valence-corrected chi connectivity index (χ0v) is 14.1. The van der Waals surface area contributed by atoms with E-state index in [4.69, 9.17) is 9.15 Å². The Labute approximate surface area is 142 Å². The molecule has 0 spiro atoms. The van der Waals surface area contributed by atoms with Crippen LogP contribution in [0.4, 0.5) is 13.2 Å². The summed E-state index contributed by atoms with van der Waals surface area (Å²) in [6.07, 6.45) is -0.804. The lowest BCUT2D eigenvalue weighted by Gasteiger charge is -2.50. The number of ether oxygens (including phenoxy) is 1. The van der Waals surface area contributed by atoms with E-state index in [-0.39, 0.29) is 29.2 Å². The Morgan fingerprint density at radius 3 is 2.60 bits per heavy atom. The van der Waals surface area contributed by atoms with Crippen molar-refractivity contribution in [1.82, 2.24) is 20.5 Å². The molecule has 136 valence electrons. The molecule has 0 radical (unpaired) electrons. The first kappa shape index (κ1) is 17.7. The zero-order valence-electron chi connectivity index (χ0n) is 14.1. The molecule has 6 nitrogen and oxygen atoms in total. The van der Waals surface area contributed by atoms with Gasteiger partial charge in [0.1, 0.15) is 5.75 Å². The average Bonchev–Trinajstić information content (AvgIpc) is 3.00. The summed E-state index contributed by atoms with van der Waals surface area (Å²) in [5, 5.41) is 11.2. The van der Waals surface area contributed by atoms with Crippen molar-refractivity contribution in [2.75, 3.05) is 7.05 Å². The van der Waals surface area contributed by atoms with Crippen molar-refractivity contribution in [2.24, 2.45) is 0 Å². The van der Waals surface area contributed by atoms with E-state index in [2.05, 4.69) is 27.4 Å². The van der Waals surface area contributed by atoms with Crippen LogP contribution in [0, 0.1) is 0 Å². The van der Waals surface area contributed by atoms with E-state index in [9.17, 15) is 13.2 Å². The first-order valence-electron chi connectivity index (χ1n) is 7.80. The van der Waals surface area contributed by atoms with Gasteiger partial charge in [0, 0.05) is 17.2 Å². The summed E-state index contributed by atoms with van der Waals surface area (Å²) in [5.74, 6) is 0.722. The molecule has 2 heterocycles. The summed E-state index contributed by atoms with van der Waals surface area (Å²) in [6.45, 7) is 4.05. The number of hydrogen-bond acceptors (Lipinski definition) is 6. The van der Waals surface area contributed by atoms with Crippen LogP contribution in [0.25, 0.3) is 0 Å².